The van der Waals surface area contributed by atoms with Gasteiger partial charge in [0, 0.05) is 12.6 Å². The predicted molar refractivity (Wildman–Crippen MR) is 104 cm³/mol. The van der Waals surface area contributed by atoms with Crippen molar-refractivity contribution in [1.82, 2.24) is 15.1 Å². The van der Waals surface area contributed by atoms with Crippen molar-refractivity contribution < 1.29 is 14.4 Å². The van der Waals surface area contributed by atoms with Gasteiger partial charge in [0.2, 0.25) is 0 Å². The second kappa shape index (κ2) is 7.78. The van der Waals surface area contributed by atoms with Crippen molar-refractivity contribution in [3.8, 4) is 0 Å². The number of hydrogen-bond acceptors (Lipinski definition) is 5. The number of carbonyl (C=O) groups excluding carboxylic acids is 3. The monoisotopic (exact) mass is 378 g/mol. The molecule has 9 heteroatoms. The summed E-state index contributed by atoms with van der Waals surface area (Å²) in [4.78, 5) is 44.2. The lowest BCUT2D eigenvalue weighted by Gasteiger charge is -2.12. The van der Waals surface area contributed by atoms with Gasteiger partial charge in [0.15, 0.2) is 0 Å². The van der Waals surface area contributed by atoms with Crippen LogP contribution in [-0.4, -0.2) is 39.2 Å². The summed E-state index contributed by atoms with van der Waals surface area (Å²) < 4.78 is 1.20. The van der Waals surface area contributed by atoms with Crippen molar-refractivity contribution >= 4 is 35.2 Å². The highest BCUT2D eigenvalue weighted by Crippen LogP contribution is 2.14. The molecule has 0 radical (unpaired) electrons. The molecule has 2 N–H and O–H groups in total. The number of nitrogens with one attached hydrogen (secondary N) is 2. The van der Waals surface area contributed by atoms with Gasteiger partial charge in [0.05, 0.1) is 17.0 Å². The van der Waals surface area contributed by atoms with E-state index in [4.69, 9.17) is 0 Å². The fourth-order valence-electron chi connectivity index (χ4n) is 2.42. The zero-order valence-corrected chi connectivity index (χ0v) is 15.4. The summed E-state index contributed by atoms with van der Waals surface area (Å²) in [5.74, 6) is -2.04. The minimum Gasteiger partial charge on any atom is -0.344 e. The molecule has 0 fully saturated rings. The van der Waals surface area contributed by atoms with Gasteiger partial charge in [-0.15, -0.1) is 0 Å². The van der Waals surface area contributed by atoms with E-state index in [1.807, 2.05) is 30.3 Å². The first-order valence-electron chi connectivity index (χ1n) is 8.43. The normalized spacial score (nSPS) is 13.6. The van der Waals surface area contributed by atoms with Crippen molar-refractivity contribution in [2.24, 2.45) is 9.98 Å². The number of hydrogen-bond donors (Lipinski definition) is 2. The highest BCUT2D eigenvalue weighted by Gasteiger charge is 2.22. The number of aryl methyl sites for hydroxylation is 1. The molecule has 0 saturated carbocycles. The summed E-state index contributed by atoms with van der Waals surface area (Å²) >= 11 is 0. The SMILES string of the molecule is C=C1C(=O)N=C(n2nc(C)cc2NC(=O)C(=O)NCc2ccccc2)N=C1C. The molecule has 2 heterocycles. The van der Waals surface area contributed by atoms with Crippen LogP contribution in [0.2, 0.25) is 0 Å². The molecule has 1 aliphatic heterocycles. The molecule has 0 aliphatic carbocycles. The molecule has 0 atom stereocenters. The molecule has 0 unspecified atom stereocenters. The second-order valence-electron chi connectivity index (χ2n) is 6.10. The Morgan fingerprint density at radius 2 is 1.82 bits per heavy atom. The molecule has 142 valence electrons. The number of aromatic nitrogens is 2. The molecule has 3 rings (SSSR count). The maximum absolute atomic E-state index is 12.2. The van der Waals surface area contributed by atoms with Gasteiger partial charge >= 0.3 is 11.8 Å². The van der Waals surface area contributed by atoms with Crippen LogP contribution in [0.1, 0.15) is 18.2 Å². The van der Waals surface area contributed by atoms with Crippen LogP contribution in [0.15, 0.2) is 58.5 Å². The molecule has 0 spiro atoms. The number of benzene rings is 1. The van der Waals surface area contributed by atoms with E-state index in [2.05, 4.69) is 32.3 Å². The van der Waals surface area contributed by atoms with Crippen LogP contribution < -0.4 is 10.6 Å². The third-order valence-electron chi connectivity index (χ3n) is 3.93. The Morgan fingerprint density at radius 1 is 1.11 bits per heavy atom. The highest BCUT2D eigenvalue weighted by molar-refractivity contribution is 6.39. The first-order chi connectivity index (χ1) is 13.3. The molecular weight excluding hydrogens is 360 g/mol. The van der Waals surface area contributed by atoms with E-state index in [9.17, 15) is 14.4 Å². The van der Waals surface area contributed by atoms with Gasteiger partial charge in [-0.05, 0) is 19.4 Å². The predicted octanol–water partition coefficient (Wildman–Crippen LogP) is 1.21. The highest BCUT2D eigenvalue weighted by atomic mass is 16.2. The molecule has 3 amide bonds. The van der Waals surface area contributed by atoms with Crippen LogP contribution in [0, 0.1) is 6.92 Å². The van der Waals surface area contributed by atoms with Gasteiger partial charge in [0.25, 0.3) is 11.9 Å². The fourth-order valence-corrected chi connectivity index (χ4v) is 2.42. The molecule has 1 aromatic carbocycles. The molecule has 2 aromatic rings. The fraction of sp³-hybridized carbons (Fsp3) is 0.158. The summed E-state index contributed by atoms with van der Waals surface area (Å²) in [7, 11) is 0. The van der Waals surface area contributed by atoms with Crippen LogP contribution in [-0.2, 0) is 20.9 Å². The van der Waals surface area contributed by atoms with Crippen molar-refractivity contribution in [2.75, 3.05) is 5.32 Å². The standard InChI is InChI=1S/C19H18N6O3/c1-11-9-15(25(24-11)19-21-13(3)12(2)16(26)23-19)22-18(28)17(27)20-10-14-7-5-4-6-8-14/h4-9H,2,10H2,1,3H3,(H,20,27)(H,22,28). The molecule has 9 nitrogen and oxygen atoms in total. The van der Waals surface area contributed by atoms with E-state index >= 15 is 0 Å². The quantitative estimate of drug-likeness (QED) is 0.616. The van der Waals surface area contributed by atoms with E-state index in [0.717, 1.165) is 5.56 Å². The van der Waals surface area contributed by atoms with Crippen LogP contribution in [0.4, 0.5) is 5.82 Å². The number of amides is 3. The second-order valence-corrected chi connectivity index (χ2v) is 6.10. The van der Waals surface area contributed by atoms with Crippen molar-refractivity contribution in [3.63, 3.8) is 0 Å². The average molecular weight is 378 g/mol. The summed E-state index contributed by atoms with van der Waals surface area (Å²) in [6.07, 6.45) is 0. The molecule has 28 heavy (non-hydrogen) atoms. The van der Waals surface area contributed by atoms with Gasteiger partial charge in [-0.1, -0.05) is 36.9 Å². The lowest BCUT2D eigenvalue weighted by Crippen LogP contribution is -2.36. The number of carbonyl (C=O) groups is 3. The van der Waals surface area contributed by atoms with Crippen LogP contribution >= 0.6 is 0 Å². The maximum atomic E-state index is 12.2. The first-order valence-corrected chi connectivity index (χ1v) is 8.43. The van der Waals surface area contributed by atoms with Crippen LogP contribution in [0.5, 0.6) is 0 Å². The third-order valence-corrected chi connectivity index (χ3v) is 3.93. The lowest BCUT2D eigenvalue weighted by molar-refractivity contribution is -0.136. The minimum atomic E-state index is -0.870. The zero-order chi connectivity index (χ0) is 20.3. The molecule has 0 saturated heterocycles. The van der Waals surface area contributed by atoms with Gasteiger partial charge in [-0.3, -0.25) is 14.4 Å². The topological polar surface area (TPSA) is 118 Å². The third kappa shape index (κ3) is 4.09. The van der Waals surface area contributed by atoms with Crippen molar-refractivity contribution in [1.29, 1.82) is 0 Å². The van der Waals surface area contributed by atoms with Crippen molar-refractivity contribution in [2.45, 2.75) is 20.4 Å². The summed E-state index contributed by atoms with van der Waals surface area (Å²) in [6.45, 7) is 7.15. The Morgan fingerprint density at radius 3 is 2.50 bits per heavy atom. The van der Waals surface area contributed by atoms with Crippen LogP contribution in [0.3, 0.4) is 0 Å². The van der Waals surface area contributed by atoms with E-state index < -0.39 is 17.7 Å². The number of anilines is 1. The maximum Gasteiger partial charge on any atom is 0.314 e. The van der Waals surface area contributed by atoms with Gasteiger partial charge in [-0.2, -0.15) is 14.8 Å². The number of aliphatic imine (C=N–C) groups is 2. The molecule has 1 aromatic heterocycles. The van der Waals surface area contributed by atoms with Crippen LogP contribution in [0.25, 0.3) is 0 Å². The molecular formula is C19H18N6O3. The van der Waals surface area contributed by atoms with E-state index in [1.54, 1.807) is 19.9 Å². The average Bonchev–Trinajstić information content (AvgIpc) is 3.04. The van der Waals surface area contributed by atoms with Gasteiger partial charge < -0.3 is 10.6 Å². The Hall–Kier alpha value is -3.88. The summed E-state index contributed by atoms with van der Waals surface area (Å²) in [6, 6.07) is 10.8. The largest absolute Gasteiger partial charge is 0.344 e. The summed E-state index contributed by atoms with van der Waals surface area (Å²) in [5, 5.41) is 9.20. The van der Waals surface area contributed by atoms with Gasteiger partial charge in [-0.25, -0.2) is 4.99 Å². The van der Waals surface area contributed by atoms with E-state index in [0.29, 0.717) is 11.4 Å². The Labute approximate surface area is 160 Å². The smallest absolute Gasteiger partial charge is 0.314 e. The van der Waals surface area contributed by atoms with E-state index in [-0.39, 0.29) is 23.9 Å². The van der Waals surface area contributed by atoms with Gasteiger partial charge in [0.1, 0.15) is 5.82 Å². The Kier molecular flexibility index (Phi) is 5.25. The van der Waals surface area contributed by atoms with Crippen molar-refractivity contribution in [3.05, 3.63) is 59.8 Å². The number of nitrogens with zero attached hydrogens (tertiary/aromatic N) is 4. The van der Waals surface area contributed by atoms with E-state index in [1.165, 1.54) is 4.68 Å². The minimum absolute atomic E-state index is 0.0111. The molecule has 1 aliphatic rings. The first kappa shape index (κ1) is 18.9. The zero-order valence-electron chi connectivity index (χ0n) is 15.4. The Bertz CT molecular complexity index is 1030. The summed E-state index contributed by atoms with van der Waals surface area (Å²) in [5.41, 5.74) is 2.01. The number of rotatable bonds is 3. The molecule has 0 bridgehead atoms. The lowest BCUT2D eigenvalue weighted by atomic mass is 10.2. The Balaban J connectivity index is 1.74.